The third kappa shape index (κ3) is 9.99. The van der Waals surface area contributed by atoms with Crippen LogP contribution in [0.1, 0.15) is 62.9 Å². The lowest BCUT2D eigenvalue weighted by Crippen LogP contribution is -2.42. The summed E-state index contributed by atoms with van der Waals surface area (Å²) in [6.07, 6.45) is 3.61. The van der Waals surface area contributed by atoms with Gasteiger partial charge in [-0.05, 0) is 43.9 Å². The third-order valence-corrected chi connectivity index (χ3v) is 3.98. The molecular formula is C20H35IN4O. The number of hydrogen-bond donors (Lipinski definition) is 3. The van der Waals surface area contributed by atoms with Crippen LogP contribution in [0.25, 0.3) is 0 Å². The Balaban J connectivity index is 0.00000625. The van der Waals surface area contributed by atoms with Crippen LogP contribution in [0.5, 0.6) is 0 Å². The summed E-state index contributed by atoms with van der Waals surface area (Å²) in [4.78, 5) is 16.4. The summed E-state index contributed by atoms with van der Waals surface area (Å²) in [5.41, 5.74) is 1.68. The zero-order valence-corrected chi connectivity index (χ0v) is 19.1. The van der Waals surface area contributed by atoms with Crippen molar-refractivity contribution >= 4 is 35.8 Å². The molecule has 1 aromatic rings. The molecule has 1 unspecified atom stereocenters. The largest absolute Gasteiger partial charge is 0.357 e. The molecule has 0 saturated carbocycles. The molecule has 3 N–H and O–H groups in total. The molecule has 0 aromatic heterocycles. The van der Waals surface area contributed by atoms with Crippen LogP contribution in [-0.4, -0.2) is 31.5 Å². The Morgan fingerprint density at radius 1 is 1.19 bits per heavy atom. The summed E-state index contributed by atoms with van der Waals surface area (Å²) in [7, 11) is 1.64. The van der Waals surface area contributed by atoms with Gasteiger partial charge in [0.05, 0.1) is 6.54 Å². The van der Waals surface area contributed by atoms with E-state index in [4.69, 9.17) is 0 Å². The van der Waals surface area contributed by atoms with Gasteiger partial charge in [0.15, 0.2) is 5.96 Å². The molecule has 5 nitrogen and oxygen atoms in total. The Bertz CT molecular complexity index is 560. The van der Waals surface area contributed by atoms with Crippen LogP contribution < -0.4 is 16.0 Å². The molecule has 1 atom stereocenters. The van der Waals surface area contributed by atoms with Crippen molar-refractivity contribution < 1.29 is 4.79 Å². The van der Waals surface area contributed by atoms with E-state index in [1.807, 2.05) is 24.3 Å². The molecule has 1 amide bonds. The van der Waals surface area contributed by atoms with Crippen molar-refractivity contribution in [3.05, 3.63) is 35.4 Å². The number of amides is 1. The Hall–Kier alpha value is -1.31. The van der Waals surface area contributed by atoms with Crippen molar-refractivity contribution in [2.45, 2.75) is 59.5 Å². The molecule has 6 heteroatoms. The van der Waals surface area contributed by atoms with Gasteiger partial charge in [0.1, 0.15) is 0 Å². The molecule has 0 aliphatic heterocycles. The molecular weight excluding hydrogens is 439 g/mol. The van der Waals surface area contributed by atoms with Gasteiger partial charge in [0.25, 0.3) is 5.91 Å². The number of benzene rings is 1. The van der Waals surface area contributed by atoms with Crippen LogP contribution in [0.4, 0.5) is 0 Å². The van der Waals surface area contributed by atoms with Crippen molar-refractivity contribution in [1.29, 1.82) is 0 Å². The van der Waals surface area contributed by atoms with Gasteiger partial charge in [-0.3, -0.25) is 4.79 Å². The minimum atomic E-state index is -0.0744. The fourth-order valence-electron chi connectivity index (χ4n) is 2.58. The maximum atomic E-state index is 11.7. The van der Waals surface area contributed by atoms with E-state index in [1.54, 1.807) is 7.05 Å². The number of carbonyl (C=O) groups is 1. The van der Waals surface area contributed by atoms with Gasteiger partial charge in [-0.25, -0.2) is 4.99 Å². The number of nitrogens with one attached hydrogen (secondary N) is 3. The molecule has 0 bridgehead atoms. The van der Waals surface area contributed by atoms with Crippen LogP contribution >= 0.6 is 24.0 Å². The fraction of sp³-hybridized carbons (Fsp3) is 0.600. The quantitative estimate of drug-likeness (QED) is 0.289. The first kappa shape index (κ1) is 24.7. The zero-order chi connectivity index (χ0) is 18.7. The van der Waals surface area contributed by atoms with Crippen molar-refractivity contribution in [2.24, 2.45) is 10.9 Å². The summed E-state index contributed by atoms with van der Waals surface area (Å²) in [5.74, 6) is 1.50. The molecule has 26 heavy (non-hydrogen) atoms. The highest BCUT2D eigenvalue weighted by molar-refractivity contribution is 14.0. The summed E-state index contributed by atoms with van der Waals surface area (Å²) in [6, 6.07) is 7.97. The predicted octanol–water partition coefficient (Wildman–Crippen LogP) is 3.93. The first-order chi connectivity index (χ1) is 12.0. The van der Waals surface area contributed by atoms with Gasteiger partial charge < -0.3 is 16.0 Å². The average Bonchev–Trinajstić information content (AvgIpc) is 2.59. The molecule has 0 saturated heterocycles. The SMILES string of the molecule is CCNC(=NCc1cccc(C(=O)NC)c1)NC(C)CCCC(C)C.I. The van der Waals surface area contributed by atoms with Gasteiger partial charge in [-0.15, -0.1) is 24.0 Å². The Kier molecular flexibility index (Phi) is 13.1. The molecule has 1 aromatic carbocycles. The molecule has 0 aliphatic carbocycles. The molecule has 0 spiro atoms. The summed E-state index contributed by atoms with van der Waals surface area (Å²) < 4.78 is 0. The zero-order valence-electron chi connectivity index (χ0n) is 16.8. The number of halogens is 1. The van der Waals surface area contributed by atoms with E-state index in [9.17, 15) is 4.79 Å². The van der Waals surface area contributed by atoms with Crippen LogP contribution in [0.15, 0.2) is 29.3 Å². The number of aliphatic imine (C=N–C) groups is 1. The maximum absolute atomic E-state index is 11.7. The molecule has 0 aliphatic rings. The lowest BCUT2D eigenvalue weighted by molar-refractivity contribution is 0.0963. The van der Waals surface area contributed by atoms with E-state index >= 15 is 0 Å². The number of rotatable bonds is 9. The van der Waals surface area contributed by atoms with Gasteiger partial charge in [0.2, 0.25) is 0 Å². The Morgan fingerprint density at radius 2 is 1.92 bits per heavy atom. The van der Waals surface area contributed by atoms with Crippen LogP contribution in [0.3, 0.4) is 0 Å². The predicted molar refractivity (Wildman–Crippen MR) is 121 cm³/mol. The van der Waals surface area contributed by atoms with Crippen LogP contribution in [0, 0.1) is 5.92 Å². The van der Waals surface area contributed by atoms with E-state index < -0.39 is 0 Å². The van der Waals surface area contributed by atoms with Crippen molar-refractivity contribution in [3.63, 3.8) is 0 Å². The topological polar surface area (TPSA) is 65.5 Å². The van der Waals surface area contributed by atoms with Gasteiger partial charge >= 0.3 is 0 Å². The monoisotopic (exact) mass is 474 g/mol. The highest BCUT2D eigenvalue weighted by atomic mass is 127. The standard InChI is InChI=1S/C20H34N4O.HI/c1-6-22-20(24-16(4)10-7-9-15(2)3)23-14-17-11-8-12-18(13-17)19(25)21-5;/h8,11-13,15-16H,6-7,9-10,14H2,1-5H3,(H,21,25)(H2,22,23,24);1H. The van der Waals surface area contributed by atoms with Crippen molar-refractivity contribution in [1.82, 2.24) is 16.0 Å². The maximum Gasteiger partial charge on any atom is 0.251 e. The average molecular weight is 474 g/mol. The van der Waals surface area contributed by atoms with E-state index in [2.05, 4.69) is 48.6 Å². The second-order valence-corrected chi connectivity index (χ2v) is 6.84. The van der Waals surface area contributed by atoms with Crippen LogP contribution in [-0.2, 0) is 6.54 Å². The molecule has 0 fully saturated rings. The Labute approximate surface area is 175 Å². The second-order valence-electron chi connectivity index (χ2n) is 6.84. The summed E-state index contributed by atoms with van der Waals surface area (Å²) in [5, 5.41) is 9.41. The van der Waals surface area contributed by atoms with E-state index in [-0.39, 0.29) is 29.9 Å². The van der Waals surface area contributed by atoms with Gasteiger partial charge in [-0.2, -0.15) is 0 Å². The lowest BCUT2D eigenvalue weighted by Gasteiger charge is -2.18. The number of nitrogens with zero attached hydrogens (tertiary/aromatic N) is 1. The van der Waals surface area contributed by atoms with Gasteiger partial charge in [-0.1, -0.05) is 38.8 Å². The normalized spacial score (nSPS) is 12.3. The van der Waals surface area contributed by atoms with Crippen molar-refractivity contribution in [3.8, 4) is 0 Å². The fourth-order valence-corrected chi connectivity index (χ4v) is 2.58. The van der Waals surface area contributed by atoms with E-state index in [1.165, 1.54) is 12.8 Å². The minimum Gasteiger partial charge on any atom is -0.357 e. The first-order valence-corrected chi connectivity index (χ1v) is 9.32. The minimum absolute atomic E-state index is 0. The number of carbonyl (C=O) groups excluding carboxylic acids is 1. The lowest BCUT2D eigenvalue weighted by atomic mass is 10.0. The summed E-state index contributed by atoms with van der Waals surface area (Å²) in [6.45, 7) is 10.1. The highest BCUT2D eigenvalue weighted by Crippen LogP contribution is 2.09. The molecule has 1 rings (SSSR count). The Morgan fingerprint density at radius 3 is 2.54 bits per heavy atom. The van der Waals surface area contributed by atoms with Crippen LogP contribution in [0.2, 0.25) is 0 Å². The molecule has 0 heterocycles. The summed E-state index contributed by atoms with van der Waals surface area (Å²) >= 11 is 0. The second kappa shape index (κ2) is 13.8. The highest BCUT2D eigenvalue weighted by Gasteiger charge is 2.07. The van der Waals surface area contributed by atoms with E-state index in [0.29, 0.717) is 18.2 Å². The smallest absolute Gasteiger partial charge is 0.251 e. The number of guanidine groups is 1. The molecule has 0 radical (unpaired) electrons. The molecule has 148 valence electrons. The third-order valence-electron chi connectivity index (χ3n) is 3.98. The number of hydrogen-bond acceptors (Lipinski definition) is 2. The first-order valence-electron chi connectivity index (χ1n) is 9.32. The van der Waals surface area contributed by atoms with Gasteiger partial charge in [0, 0.05) is 25.2 Å². The van der Waals surface area contributed by atoms with Crippen molar-refractivity contribution in [2.75, 3.05) is 13.6 Å². The van der Waals surface area contributed by atoms with E-state index in [0.717, 1.165) is 30.4 Å².